The number of hydrogen-bond acceptors (Lipinski definition) is 3. The number of carbonyl (C=O) groups is 1. The van der Waals surface area contributed by atoms with Gasteiger partial charge in [0.1, 0.15) is 5.56 Å². The summed E-state index contributed by atoms with van der Waals surface area (Å²) in [5.74, 6) is 5.25. The maximum atomic E-state index is 12.1. The second-order valence-electron chi connectivity index (χ2n) is 4.40. The van der Waals surface area contributed by atoms with Crippen LogP contribution in [0.3, 0.4) is 0 Å². The smallest absolute Gasteiger partial charge is 0.261 e. The summed E-state index contributed by atoms with van der Waals surface area (Å²) in [6.45, 7) is 2.16. The van der Waals surface area contributed by atoms with Crippen LogP contribution in [0.5, 0.6) is 0 Å². The van der Waals surface area contributed by atoms with Gasteiger partial charge in [-0.2, -0.15) is 0 Å². The summed E-state index contributed by atoms with van der Waals surface area (Å²) >= 11 is 0. The second-order valence-corrected chi connectivity index (χ2v) is 4.40. The average Bonchev–Trinajstić information content (AvgIpc) is 2.48. The molecule has 0 radical (unpaired) electrons. The Hall–Kier alpha value is -2.84. The summed E-state index contributed by atoms with van der Waals surface area (Å²) < 4.78 is 0. The number of hydrogen-bond donors (Lipinski definition) is 3. The fourth-order valence-corrected chi connectivity index (χ4v) is 1.82. The molecule has 0 fully saturated rings. The van der Waals surface area contributed by atoms with Crippen molar-refractivity contribution in [2.75, 3.05) is 11.9 Å². The van der Waals surface area contributed by atoms with Crippen molar-refractivity contribution in [3.8, 4) is 11.8 Å². The van der Waals surface area contributed by atoms with E-state index in [4.69, 9.17) is 5.73 Å². The number of aromatic amines is 1. The summed E-state index contributed by atoms with van der Waals surface area (Å²) in [6, 6.07) is 8.48. The van der Waals surface area contributed by atoms with Crippen molar-refractivity contribution in [3.63, 3.8) is 0 Å². The first-order valence-corrected chi connectivity index (χ1v) is 6.40. The molecule has 0 aliphatic heterocycles. The SMILES string of the molecule is Cc1cc(C#CCN)ccc1NC(=O)c1ccc[nH]c1=O. The monoisotopic (exact) mass is 281 g/mol. The topological polar surface area (TPSA) is 88.0 Å². The lowest BCUT2D eigenvalue weighted by Crippen LogP contribution is -2.22. The molecule has 5 heteroatoms. The van der Waals surface area contributed by atoms with Crippen LogP contribution in [-0.4, -0.2) is 17.4 Å². The summed E-state index contributed by atoms with van der Waals surface area (Å²) in [4.78, 5) is 26.1. The van der Waals surface area contributed by atoms with Gasteiger partial charge in [-0.3, -0.25) is 9.59 Å². The van der Waals surface area contributed by atoms with Crippen LogP contribution in [0, 0.1) is 18.8 Å². The lowest BCUT2D eigenvalue weighted by Gasteiger charge is -2.08. The van der Waals surface area contributed by atoms with Crippen LogP contribution in [-0.2, 0) is 0 Å². The molecular formula is C16H15N3O2. The molecule has 2 rings (SSSR count). The zero-order valence-corrected chi connectivity index (χ0v) is 11.6. The van der Waals surface area contributed by atoms with Crippen molar-refractivity contribution in [1.29, 1.82) is 0 Å². The highest BCUT2D eigenvalue weighted by atomic mass is 16.2. The summed E-state index contributed by atoms with van der Waals surface area (Å²) in [5.41, 5.74) is 7.31. The van der Waals surface area contributed by atoms with Crippen molar-refractivity contribution in [2.45, 2.75) is 6.92 Å². The molecule has 0 saturated heterocycles. The number of H-pyrrole nitrogens is 1. The van der Waals surface area contributed by atoms with Gasteiger partial charge in [0.2, 0.25) is 0 Å². The number of nitrogens with one attached hydrogen (secondary N) is 2. The Balaban J connectivity index is 2.22. The first kappa shape index (κ1) is 14.6. The predicted molar refractivity (Wildman–Crippen MR) is 82.1 cm³/mol. The number of carbonyl (C=O) groups excluding carboxylic acids is 1. The maximum absolute atomic E-state index is 12.1. The van der Waals surface area contributed by atoms with Crippen LogP contribution in [0.1, 0.15) is 21.5 Å². The molecule has 0 spiro atoms. The minimum atomic E-state index is -0.444. The Kier molecular flexibility index (Phi) is 4.54. The van der Waals surface area contributed by atoms with E-state index in [0.29, 0.717) is 12.2 Å². The van der Waals surface area contributed by atoms with Gasteiger partial charge in [0.15, 0.2) is 0 Å². The molecule has 106 valence electrons. The lowest BCUT2D eigenvalue weighted by molar-refractivity contribution is 0.102. The summed E-state index contributed by atoms with van der Waals surface area (Å²) in [6.07, 6.45) is 1.48. The Morgan fingerprint density at radius 1 is 1.38 bits per heavy atom. The van der Waals surface area contributed by atoms with Gasteiger partial charge in [-0.15, -0.1) is 0 Å². The van der Waals surface area contributed by atoms with E-state index in [9.17, 15) is 9.59 Å². The molecule has 4 N–H and O–H groups in total. The van der Waals surface area contributed by atoms with Gasteiger partial charge in [-0.25, -0.2) is 0 Å². The van der Waals surface area contributed by atoms with Crippen molar-refractivity contribution in [3.05, 3.63) is 63.6 Å². The van der Waals surface area contributed by atoms with Crippen LogP contribution < -0.4 is 16.6 Å². The van der Waals surface area contributed by atoms with Crippen LogP contribution in [0.4, 0.5) is 5.69 Å². The van der Waals surface area contributed by atoms with Crippen molar-refractivity contribution in [1.82, 2.24) is 4.98 Å². The number of rotatable bonds is 2. The van der Waals surface area contributed by atoms with Gasteiger partial charge in [0.05, 0.1) is 6.54 Å². The third kappa shape index (κ3) is 3.59. The highest BCUT2D eigenvalue weighted by Gasteiger charge is 2.11. The number of anilines is 1. The Labute approximate surface area is 122 Å². The van der Waals surface area contributed by atoms with Crippen LogP contribution in [0.15, 0.2) is 41.3 Å². The van der Waals surface area contributed by atoms with E-state index in [-0.39, 0.29) is 5.56 Å². The molecule has 21 heavy (non-hydrogen) atoms. The average molecular weight is 281 g/mol. The third-order valence-corrected chi connectivity index (χ3v) is 2.87. The van der Waals surface area contributed by atoms with Gasteiger partial charge in [-0.1, -0.05) is 11.8 Å². The number of amides is 1. The zero-order valence-electron chi connectivity index (χ0n) is 11.6. The third-order valence-electron chi connectivity index (χ3n) is 2.87. The van der Waals surface area contributed by atoms with Gasteiger partial charge in [-0.05, 0) is 42.8 Å². The normalized spacial score (nSPS) is 9.62. The molecule has 0 aliphatic carbocycles. The van der Waals surface area contributed by atoms with Crippen molar-refractivity contribution >= 4 is 11.6 Å². The Bertz CT molecular complexity index is 782. The molecule has 0 atom stereocenters. The van der Waals surface area contributed by atoms with E-state index in [1.807, 2.05) is 13.0 Å². The predicted octanol–water partition coefficient (Wildman–Crippen LogP) is 1.25. The molecule has 0 unspecified atom stereocenters. The molecule has 1 aromatic heterocycles. The van der Waals surface area contributed by atoms with Crippen LogP contribution in [0.25, 0.3) is 0 Å². The highest BCUT2D eigenvalue weighted by Crippen LogP contribution is 2.16. The number of benzene rings is 1. The van der Waals surface area contributed by atoms with E-state index in [0.717, 1.165) is 11.1 Å². The van der Waals surface area contributed by atoms with Crippen LogP contribution in [0.2, 0.25) is 0 Å². The van der Waals surface area contributed by atoms with E-state index in [1.54, 1.807) is 18.2 Å². The molecule has 2 aromatic rings. The largest absolute Gasteiger partial charge is 0.328 e. The number of aromatic nitrogens is 1. The maximum Gasteiger partial charge on any atom is 0.261 e. The molecule has 5 nitrogen and oxygen atoms in total. The molecule has 0 bridgehead atoms. The summed E-state index contributed by atoms with van der Waals surface area (Å²) in [7, 11) is 0. The van der Waals surface area contributed by atoms with Gasteiger partial charge in [0, 0.05) is 17.4 Å². The standard InChI is InChI=1S/C16H15N3O2/c1-11-10-12(4-2-8-17)6-7-14(11)19-16(21)13-5-3-9-18-15(13)20/h3,5-7,9-10H,8,17H2,1H3,(H,18,20)(H,19,21). The van der Waals surface area contributed by atoms with E-state index >= 15 is 0 Å². The highest BCUT2D eigenvalue weighted by molar-refractivity contribution is 6.04. The van der Waals surface area contributed by atoms with Gasteiger partial charge in [0.25, 0.3) is 11.5 Å². The van der Waals surface area contributed by atoms with E-state index in [1.165, 1.54) is 12.3 Å². The number of aryl methyl sites for hydroxylation is 1. The molecule has 0 aliphatic rings. The van der Waals surface area contributed by atoms with Gasteiger partial charge < -0.3 is 16.0 Å². The number of pyridine rings is 1. The molecule has 1 heterocycles. The van der Waals surface area contributed by atoms with Crippen molar-refractivity contribution in [2.24, 2.45) is 5.73 Å². The van der Waals surface area contributed by atoms with Crippen molar-refractivity contribution < 1.29 is 4.79 Å². The summed E-state index contributed by atoms with van der Waals surface area (Å²) in [5, 5.41) is 2.72. The minimum absolute atomic E-state index is 0.0731. The minimum Gasteiger partial charge on any atom is -0.328 e. The fourth-order valence-electron chi connectivity index (χ4n) is 1.82. The molecular weight excluding hydrogens is 266 g/mol. The number of nitrogens with two attached hydrogens (primary N) is 1. The molecule has 1 amide bonds. The molecule has 0 saturated carbocycles. The van der Waals surface area contributed by atoms with E-state index < -0.39 is 11.5 Å². The second kappa shape index (κ2) is 6.55. The Morgan fingerprint density at radius 2 is 2.19 bits per heavy atom. The lowest BCUT2D eigenvalue weighted by atomic mass is 10.1. The molecule has 1 aromatic carbocycles. The van der Waals surface area contributed by atoms with Crippen LogP contribution >= 0.6 is 0 Å². The zero-order chi connectivity index (χ0) is 15.2. The fraction of sp³-hybridized carbons (Fsp3) is 0.125. The quantitative estimate of drug-likeness (QED) is 0.724. The first-order valence-electron chi connectivity index (χ1n) is 6.40. The Morgan fingerprint density at radius 3 is 2.86 bits per heavy atom. The van der Waals surface area contributed by atoms with Gasteiger partial charge >= 0.3 is 0 Å². The van der Waals surface area contributed by atoms with E-state index in [2.05, 4.69) is 22.1 Å². The first-order chi connectivity index (χ1) is 10.1.